The Balaban J connectivity index is 2.44. The van der Waals surface area contributed by atoms with Crippen LogP contribution < -0.4 is 11.1 Å². The van der Waals surface area contributed by atoms with Crippen LogP contribution in [0, 0.1) is 0 Å². The van der Waals surface area contributed by atoms with Gasteiger partial charge >= 0.3 is 5.97 Å². The molecule has 0 atom stereocenters. The van der Waals surface area contributed by atoms with E-state index < -0.39 is 22.8 Å². The molecular weight excluding hydrogens is 350 g/mol. The molecule has 140 valence electrons. The molecule has 27 heavy (non-hydrogen) atoms. The first-order chi connectivity index (χ1) is 13.0. The lowest BCUT2D eigenvalue weighted by atomic mass is 10.1. The number of hydrogen-bond acceptors (Lipinski definition) is 6. The predicted molar refractivity (Wildman–Crippen MR) is 99.6 cm³/mol. The Bertz CT molecular complexity index is 1120. The van der Waals surface area contributed by atoms with Gasteiger partial charge in [0.2, 0.25) is 0 Å². The van der Waals surface area contributed by atoms with E-state index in [4.69, 9.17) is 4.74 Å². The summed E-state index contributed by atoms with van der Waals surface area (Å²) in [6.07, 6.45) is 1.80. The summed E-state index contributed by atoms with van der Waals surface area (Å²) in [6, 6.07) is 8.48. The quantitative estimate of drug-likeness (QED) is 0.664. The summed E-state index contributed by atoms with van der Waals surface area (Å²) in [6.45, 7) is 1.95. The van der Waals surface area contributed by atoms with E-state index in [9.17, 15) is 19.5 Å². The molecule has 0 aliphatic rings. The van der Waals surface area contributed by atoms with Crippen molar-refractivity contribution in [1.29, 1.82) is 0 Å². The van der Waals surface area contributed by atoms with Gasteiger partial charge in [0.15, 0.2) is 5.69 Å². The number of para-hydroxylation sites is 1. The smallest absolute Gasteiger partial charge is 0.360 e. The van der Waals surface area contributed by atoms with Crippen molar-refractivity contribution in [3.63, 3.8) is 0 Å². The number of carbonyl (C=O) groups excluding carboxylic acids is 1. The van der Waals surface area contributed by atoms with Crippen LogP contribution in [0.4, 0.5) is 0 Å². The lowest BCUT2D eigenvalue weighted by molar-refractivity contribution is 0.0594. The molecule has 0 aliphatic carbocycles. The van der Waals surface area contributed by atoms with Crippen molar-refractivity contribution in [3.8, 4) is 11.4 Å². The molecule has 2 heterocycles. The number of ether oxygens (including phenoxy) is 1. The highest BCUT2D eigenvalue weighted by Crippen LogP contribution is 2.25. The van der Waals surface area contributed by atoms with E-state index >= 15 is 0 Å². The molecule has 0 saturated carbocycles. The summed E-state index contributed by atoms with van der Waals surface area (Å²) >= 11 is 0. The zero-order chi connectivity index (χ0) is 19.6. The molecular formula is C19H19N3O5. The molecule has 0 radical (unpaired) electrons. The highest BCUT2D eigenvalue weighted by atomic mass is 16.5. The van der Waals surface area contributed by atoms with Crippen molar-refractivity contribution < 1.29 is 14.6 Å². The van der Waals surface area contributed by atoms with Crippen molar-refractivity contribution in [1.82, 2.24) is 14.8 Å². The number of H-pyrrole nitrogens is 1. The van der Waals surface area contributed by atoms with Crippen molar-refractivity contribution in [3.05, 3.63) is 62.3 Å². The number of pyridine rings is 1. The van der Waals surface area contributed by atoms with Crippen molar-refractivity contribution >= 4 is 16.9 Å². The second kappa shape index (κ2) is 7.45. The normalized spacial score (nSPS) is 10.9. The number of aromatic nitrogens is 3. The summed E-state index contributed by atoms with van der Waals surface area (Å²) in [5, 5.41) is 14.6. The number of methoxy groups -OCH3 is 1. The third-order valence-corrected chi connectivity index (χ3v) is 4.29. The first kappa shape index (κ1) is 18.4. The molecule has 0 unspecified atom stereocenters. The second-order valence-electron chi connectivity index (χ2n) is 6.03. The van der Waals surface area contributed by atoms with Crippen LogP contribution in [0.5, 0.6) is 5.75 Å². The summed E-state index contributed by atoms with van der Waals surface area (Å²) in [4.78, 5) is 40.1. The minimum atomic E-state index is -0.832. The first-order valence-electron chi connectivity index (χ1n) is 8.54. The first-order valence-corrected chi connectivity index (χ1v) is 8.54. The van der Waals surface area contributed by atoms with Crippen LogP contribution in [-0.4, -0.2) is 33.0 Å². The zero-order valence-electron chi connectivity index (χ0n) is 15.0. The van der Waals surface area contributed by atoms with E-state index in [0.29, 0.717) is 18.5 Å². The number of fused-ring (bicyclic) bond motifs is 1. The molecule has 0 bridgehead atoms. The van der Waals surface area contributed by atoms with Crippen LogP contribution in [-0.2, 0) is 11.2 Å². The lowest BCUT2D eigenvalue weighted by Gasteiger charge is -2.12. The van der Waals surface area contributed by atoms with Gasteiger partial charge in [-0.2, -0.15) is 9.78 Å². The lowest BCUT2D eigenvalue weighted by Crippen LogP contribution is -2.28. The average molecular weight is 369 g/mol. The SMILES string of the molecule is CCCCc1c(O)c2c(=O)n(-c3ccccc3)nc(C(=O)OC)c2[nH]c1=O. The monoisotopic (exact) mass is 369 g/mol. The van der Waals surface area contributed by atoms with E-state index in [2.05, 4.69) is 10.1 Å². The largest absolute Gasteiger partial charge is 0.507 e. The summed E-state index contributed by atoms with van der Waals surface area (Å²) in [5.41, 5.74) is -1.07. The third kappa shape index (κ3) is 3.21. The maximum atomic E-state index is 13.0. The Morgan fingerprint density at radius 2 is 1.96 bits per heavy atom. The van der Waals surface area contributed by atoms with Crippen LogP contribution in [0.15, 0.2) is 39.9 Å². The van der Waals surface area contributed by atoms with Gasteiger partial charge in [0.1, 0.15) is 11.1 Å². The Morgan fingerprint density at radius 3 is 2.59 bits per heavy atom. The molecule has 0 fully saturated rings. The van der Waals surface area contributed by atoms with Crippen molar-refractivity contribution in [2.45, 2.75) is 26.2 Å². The standard InChI is InChI=1S/C19H19N3O5/c1-3-4-10-12-16(23)13-14(20-17(12)24)15(19(26)27-2)21-22(18(13)25)11-8-6-5-7-9-11/h5-9H,3-4,10H2,1-2H3,(H2,20,23,24). The van der Waals surface area contributed by atoms with Crippen LogP contribution >= 0.6 is 0 Å². The summed E-state index contributed by atoms with van der Waals surface area (Å²) in [7, 11) is 1.17. The molecule has 8 nitrogen and oxygen atoms in total. The molecule has 2 aromatic heterocycles. The van der Waals surface area contributed by atoms with Gasteiger partial charge in [-0.15, -0.1) is 0 Å². The Labute approximate surface area is 154 Å². The van der Waals surface area contributed by atoms with Gasteiger partial charge in [-0.1, -0.05) is 31.5 Å². The minimum Gasteiger partial charge on any atom is -0.507 e. The van der Waals surface area contributed by atoms with Crippen molar-refractivity contribution in [2.24, 2.45) is 0 Å². The van der Waals surface area contributed by atoms with Gasteiger partial charge in [0.25, 0.3) is 11.1 Å². The highest BCUT2D eigenvalue weighted by molar-refractivity contribution is 6.02. The van der Waals surface area contributed by atoms with E-state index in [1.165, 1.54) is 7.11 Å². The third-order valence-electron chi connectivity index (χ3n) is 4.29. The average Bonchev–Trinajstić information content (AvgIpc) is 2.68. The molecule has 8 heteroatoms. The number of rotatable bonds is 5. The fourth-order valence-electron chi connectivity index (χ4n) is 2.88. The van der Waals surface area contributed by atoms with E-state index in [-0.39, 0.29) is 22.2 Å². The van der Waals surface area contributed by atoms with Gasteiger partial charge in [-0.05, 0) is 25.0 Å². The number of carbonyl (C=O) groups is 1. The fourth-order valence-corrected chi connectivity index (χ4v) is 2.88. The van der Waals surface area contributed by atoms with Crippen LogP contribution in [0.3, 0.4) is 0 Å². The topological polar surface area (TPSA) is 114 Å². The van der Waals surface area contributed by atoms with Crippen LogP contribution in [0.25, 0.3) is 16.6 Å². The summed E-state index contributed by atoms with van der Waals surface area (Å²) in [5.74, 6) is -1.26. The van der Waals surface area contributed by atoms with Gasteiger partial charge in [-0.25, -0.2) is 4.79 Å². The van der Waals surface area contributed by atoms with E-state index in [0.717, 1.165) is 11.1 Å². The molecule has 0 spiro atoms. The molecule has 1 aromatic carbocycles. The second-order valence-corrected chi connectivity index (χ2v) is 6.03. The minimum absolute atomic E-state index is 0.114. The van der Waals surface area contributed by atoms with Crippen molar-refractivity contribution in [2.75, 3.05) is 7.11 Å². The molecule has 0 amide bonds. The molecule has 0 aliphatic heterocycles. The number of benzene rings is 1. The van der Waals surface area contributed by atoms with Gasteiger partial charge < -0.3 is 14.8 Å². The van der Waals surface area contributed by atoms with Gasteiger partial charge in [0.05, 0.1) is 23.9 Å². The number of aromatic hydroxyl groups is 1. The predicted octanol–water partition coefficient (Wildman–Crippen LogP) is 1.91. The fraction of sp³-hybridized carbons (Fsp3) is 0.263. The Kier molecular flexibility index (Phi) is 5.07. The molecule has 3 rings (SSSR count). The maximum Gasteiger partial charge on any atom is 0.360 e. The molecule has 0 saturated heterocycles. The van der Waals surface area contributed by atoms with E-state index in [1.54, 1.807) is 30.3 Å². The zero-order valence-corrected chi connectivity index (χ0v) is 15.0. The van der Waals surface area contributed by atoms with Crippen LogP contribution in [0.2, 0.25) is 0 Å². The van der Waals surface area contributed by atoms with Crippen LogP contribution in [0.1, 0.15) is 35.8 Å². The molecule has 2 N–H and O–H groups in total. The highest BCUT2D eigenvalue weighted by Gasteiger charge is 2.24. The molecule has 3 aromatic rings. The van der Waals surface area contributed by atoms with Gasteiger partial charge in [-0.3, -0.25) is 9.59 Å². The number of unbranched alkanes of at least 4 members (excludes halogenated alkanes) is 1. The Morgan fingerprint density at radius 1 is 1.26 bits per heavy atom. The number of nitrogens with zero attached hydrogens (tertiary/aromatic N) is 2. The Hall–Kier alpha value is -3.42. The number of esters is 1. The number of hydrogen-bond donors (Lipinski definition) is 2. The maximum absolute atomic E-state index is 13.0. The summed E-state index contributed by atoms with van der Waals surface area (Å²) < 4.78 is 5.74. The number of nitrogens with one attached hydrogen (secondary N) is 1. The van der Waals surface area contributed by atoms with E-state index in [1.807, 2.05) is 6.92 Å². The number of aromatic amines is 1. The van der Waals surface area contributed by atoms with Gasteiger partial charge in [0, 0.05) is 0 Å².